The van der Waals surface area contributed by atoms with Crippen molar-refractivity contribution in [1.29, 1.82) is 0 Å². The number of hydrogen-bond donors (Lipinski definition) is 0. The normalized spacial score (nSPS) is 17.9. The van der Waals surface area contributed by atoms with Gasteiger partial charge in [-0.25, -0.2) is 0 Å². The molecule has 0 aliphatic heterocycles. The average Bonchev–Trinajstić information content (AvgIpc) is 3.33. The van der Waals surface area contributed by atoms with Crippen molar-refractivity contribution in [2.24, 2.45) is 35.5 Å². The number of ether oxygens (including phenoxy) is 6. The lowest BCUT2D eigenvalue weighted by atomic mass is 10.0. The predicted molar refractivity (Wildman–Crippen MR) is 306 cm³/mol. The molecule has 0 saturated heterocycles. The summed E-state index contributed by atoms with van der Waals surface area (Å²) >= 11 is 0. The Kier molecular flexibility index (Phi) is 46.0. The van der Waals surface area contributed by atoms with Gasteiger partial charge in [-0.15, -0.1) is 0 Å². The average molecular weight is 1050 g/mol. The van der Waals surface area contributed by atoms with Gasteiger partial charge in [-0.3, -0.25) is 0 Å². The molecule has 0 heterocycles. The molecular formula is C52H110O6S5Si2. The van der Waals surface area contributed by atoms with Crippen LogP contribution in [0.15, 0.2) is 0 Å². The molecule has 0 aromatic rings. The Morgan fingerprint density at radius 2 is 0.538 bits per heavy atom. The van der Waals surface area contributed by atoms with E-state index in [9.17, 15) is 0 Å². The molecule has 0 bridgehead atoms. The second-order valence-corrected chi connectivity index (χ2v) is 29.1. The van der Waals surface area contributed by atoms with Crippen molar-refractivity contribution in [3.8, 4) is 0 Å². The fourth-order valence-electron chi connectivity index (χ4n) is 8.01. The molecule has 65 heavy (non-hydrogen) atoms. The second kappa shape index (κ2) is 44.6. The molecule has 0 aliphatic rings. The van der Waals surface area contributed by atoms with Crippen LogP contribution >= 0.6 is 51.1 Å². The maximum Gasteiger partial charge on any atom is 0.252 e. The molecule has 8 atom stereocenters. The highest BCUT2D eigenvalue weighted by Crippen LogP contribution is 2.58. The molecule has 0 amide bonds. The summed E-state index contributed by atoms with van der Waals surface area (Å²) in [4.78, 5) is 0. The Bertz CT molecular complexity index is 911. The molecule has 0 saturated carbocycles. The topological polar surface area (TPSA) is 55.4 Å². The van der Waals surface area contributed by atoms with Crippen molar-refractivity contribution in [3.05, 3.63) is 0 Å². The van der Waals surface area contributed by atoms with Gasteiger partial charge in [0.1, 0.15) is 11.5 Å². The van der Waals surface area contributed by atoms with Crippen LogP contribution in [0.3, 0.4) is 0 Å². The standard InChI is InChI=1S/C52H110O6S5Si2/c1-13-25-31-43(19-7)37-53-49(64)51(55-39-45(21-9)33-27-15-3,56-40-46(22-10)34-28-16-4)59-61-63-62-60-52(57-41-47(23-11)35-29-17-5,58-42-48(24-12)36-30-18-6)50(65)54-38-44(20-8)32-26-14-2/h43-50H,13-42H2,1-12,64-65H3. The quantitative estimate of drug-likeness (QED) is 0.0253. The monoisotopic (exact) mass is 1050 g/mol. The van der Waals surface area contributed by atoms with E-state index in [4.69, 9.17) is 28.4 Å². The maximum absolute atomic E-state index is 7.22. The molecule has 0 aromatic heterocycles. The first-order valence-corrected chi connectivity index (χ1v) is 36.1. The molecule has 0 aromatic carbocycles. The Balaban J connectivity index is 6.93. The molecule has 0 rings (SSSR count). The van der Waals surface area contributed by atoms with Gasteiger partial charge in [-0.2, -0.15) is 0 Å². The Labute approximate surface area is 431 Å². The Morgan fingerprint density at radius 3 is 0.738 bits per heavy atom. The van der Waals surface area contributed by atoms with Crippen LogP contribution in [0.25, 0.3) is 0 Å². The second-order valence-electron chi connectivity index (χ2n) is 19.3. The molecule has 8 unspecified atom stereocenters. The fraction of sp³-hybridized carbons (Fsp3) is 1.00. The Morgan fingerprint density at radius 1 is 0.323 bits per heavy atom. The zero-order valence-corrected chi connectivity index (χ0v) is 53.4. The van der Waals surface area contributed by atoms with Crippen molar-refractivity contribution in [3.63, 3.8) is 0 Å². The third kappa shape index (κ3) is 30.6. The minimum Gasteiger partial charge on any atom is -0.376 e. The van der Waals surface area contributed by atoms with Gasteiger partial charge < -0.3 is 28.4 Å². The van der Waals surface area contributed by atoms with Crippen LogP contribution in [0.1, 0.15) is 237 Å². The van der Waals surface area contributed by atoms with E-state index in [0.717, 1.165) is 72.2 Å². The van der Waals surface area contributed by atoms with Gasteiger partial charge in [-0.1, -0.05) is 199 Å². The van der Waals surface area contributed by atoms with Gasteiger partial charge in [-0.05, 0) is 125 Å². The van der Waals surface area contributed by atoms with Crippen molar-refractivity contribution < 1.29 is 28.4 Å². The van der Waals surface area contributed by atoms with E-state index in [1.54, 1.807) is 51.1 Å². The molecule has 6 nitrogen and oxygen atoms in total. The van der Waals surface area contributed by atoms with Crippen molar-refractivity contribution in [2.75, 3.05) is 39.6 Å². The van der Waals surface area contributed by atoms with Crippen LogP contribution in [0.2, 0.25) is 0 Å². The zero-order valence-electron chi connectivity index (χ0n) is 45.3. The summed E-state index contributed by atoms with van der Waals surface area (Å²) in [6.07, 6.45) is 28.7. The minimum absolute atomic E-state index is 0.103. The van der Waals surface area contributed by atoms with Crippen LogP contribution in [-0.4, -0.2) is 81.8 Å². The van der Waals surface area contributed by atoms with Gasteiger partial charge in [0.25, 0.3) is 10.2 Å². The van der Waals surface area contributed by atoms with Gasteiger partial charge in [0.05, 0.1) is 26.4 Å². The summed E-state index contributed by atoms with van der Waals surface area (Å²) in [5.41, 5.74) is -0.206. The summed E-state index contributed by atoms with van der Waals surface area (Å²) < 4.78 is 42.8. The molecule has 13 heteroatoms. The minimum atomic E-state index is -0.875. The van der Waals surface area contributed by atoms with Crippen molar-refractivity contribution in [2.45, 2.75) is 259 Å². The lowest BCUT2D eigenvalue weighted by molar-refractivity contribution is -0.224. The predicted octanol–water partition coefficient (Wildman–Crippen LogP) is 16.4. The summed E-state index contributed by atoms with van der Waals surface area (Å²) in [6, 6.07) is 0. The van der Waals surface area contributed by atoms with Crippen molar-refractivity contribution in [1.82, 2.24) is 0 Å². The lowest BCUT2D eigenvalue weighted by Gasteiger charge is -2.40. The van der Waals surface area contributed by atoms with Gasteiger partial charge in [0.15, 0.2) is 0 Å². The SMILES string of the molecule is CCCCC(CC)COC([SiH3])C(OCC(CC)CCCC)(OCC(CC)CCCC)SSSSSC(OCC(CC)CCCC)(OCC(CC)CCCC)C([SiH3])OCC(CC)CCCC. The van der Waals surface area contributed by atoms with E-state index in [1.807, 2.05) is 0 Å². The summed E-state index contributed by atoms with van der Waals surface area (Å²) in [5, 5.41) is -1.75. The highest BCUT2D eigenvalue weighted by molar-refractivity contribution is 9.35. The highest BCUT2D eigenvalue weighted by atomic mass is 33.8. The lowest BCUT2D eigenvalue weighted by Crippen LogP contribution is -2.48. The molecule has 392 valence electrons. The van der Waals surface area contributed by atoms with Gasteiger partial charge in [0.2, 0.25) is 0 Å². The first-order chi connectivity index (χ1) is 31.5. The van der Waals surface area contributed by atoms with E-state index in [-0.39, 0.29) is 11.5 Å². The van der Waals surface area contributed by atoms with Crippen LogP contribution < -0.4 is 0 Å². The van der Waals surface area contributed by atoms with E-state index < -0.39 is 10.2 Å². The van der Waals surface area contributed by atoms with Crippen LogP contribution in [0, 0.1) is 35.5 Å². The zero-order chi connectivity index (χ0) is 48.6. The third-order valence-electron chi connectivity index (χ3n) is 13.9. The number of unbranched alkanes of at least 4 members (excludes halogenated alkanes) is 6. The number of hydrogen-bond acceptors (Lipinski definition) is 11. The first-order valence-electron chi connectivity index (χ1n) is 27.7. The van der Waals surface area contributed by atoms with Gasteiger partial charge in [0, 0.05) is 33.7 Å². The van der Waals surface area contributed by atoms with Crippen LogP contribution in [0.5, 0.6) is 0 Å². The van der Waals surface area contributed by atoms with E-state index in [0.29, 0.717) is 61.9 Å². The van der Waals surface area contributed by atoms with Crippen molar-refractivity contribution >= 4 is 71.6 Å². The molecule has 0 radical (unpaired) electrons. The van der Waals surface area contributed by atoms with Crippen LogP contribution in [0.4, 0.5) is 0 Å². The fourth-order valence-corrected chi connectivity index (χ4v) is 20.5. The molecule has 0 spiro atoms. The molecule has 0 fully saturated rings. The molecule has 0 N–H and O–H groups in total. The largest absolute Gasteiger partial charge is 0.376 e. The van der Waals surface area contributed by atoms with E-state index >= 15 is 0 Å². The third-order valence-corrected chi connectivity index (χ3v) is 26.1. The van der Waals surface area contributed by atoms with Crippen LogP contribution in [-0.2, 0) is 28.4 Å². The summed E-state index contributed by atoms with van der Waals surface area (Å²) in [7, 11) is 10.5. The maximum atomic E-state index is 7.22. The smallest absolute Gasteiger partial charge is 0.252 e. The van der Waals surface area contributed by atoms with Gasteiger partial charge >= 0.3 is 0 Å². The van der Waals surface area contributed by atoms with E-state index in [1.165, 1.54) is 116 Å². The Hall–Kier alpha value is 1.94. The van der Waals surface area contributed by atoms with E-state index in [2.05, 4.69) is 83.1 Å². The first kappa shape index (κ1) is 66.9. The summed E-state index contributed by atoms with van der Waals surface area (Å²) in [5.74, 6) is 3.16. The highest BCUT2D eigenvalue weighted by Gasteiger charge is 2.45. The molecular weight excluding hydrogens is 937 g/mol. The molecule has 0 aliphatic carbocycles. The number of rotatable bonds is 50. The summed E-state index contributed by atoms with van der Waals surface area (Å²) in [6.45, 7) is 32.0.